The molecule has 0 spiro atoms. The van der Waals surface area contributed by atoms with Crippen molar-refractivity contribution in [3.05, 3.63) is 80.8 Å². The van der Waals surface area contributed by atoms with Crippen molar-refractivity contribution in [1.82, 2.24) is 9.38 Å². The fourth-order valence-electron chi connectivity index (χ4n) is 3.40. The van der Waals surface area contributed by atoms with Crippen LogP contribution >= 0.6 is 22.6 Å². The molecule has 0 amide bonds. The second-order valence-electron chi connectivity index (χ2n) is 6.66. The molecule has 27 heavy (non-hydrogen) atoms. The molecule has 0 aliphatic carbocycles. The maximum atomic E-state index is 14.8. The van der Waals surface area contributed by atoms with E-state index in [0.717, 1.165) is 37.5 Å². The molecule has 0 unspecified atom stereocenters. The van der Waals surface area contributed by atoms with Crippen molar-refractivity contribution in [2.45, 2.75) is 20.8 Å². The molecule has 2 aromatic carbocycles. The maximum absolute atomic E-state index is 14.8. The smallest absolute Gasteiger partial charge is 0.143 e. The first kappa shape index (κ1) is 18.0. The topological polar surface area (TPSA) is 29.3 Å². The van der Waals surface area contributed by atoms with E-state index in [1.54, 1.807) is 6.07 Å². The molecule has 0 radical (unpaired) electrons. The standard InChI is InChI=1S/C22H19FIN3/c1-13-7-4-8-14(2)20(13)26-22-21(19-16(23)10-6-11-17(19)24)25-18-12-5-9-15(3)27(18)22/h4-12,26H,1-3H3. The van der Waals surface area contributed by atoms with E-state index in [-0.39, 0.29) is 5.82 Å². The lowest BCUT2D eigenvalue weighted by molar-refractivity contribution is 0.630. The molecule has 0 aliphatic heterocycles. The molecule has 2 heterocycles. The summed E-state index contributed by atoms with van der Waals surface area (Å²) < 4.78 is 17.6. The predicted octanol–water partition coefficient (Wildman–Crippen LogP) is 6.41. The van der Waals surface area contributed by atoms with Gasteiger partial charge in [-0.25, -0.2) is 9.37 Å². The van der Waals surface area contributed by atoms with Crippen LogP contribution in [-0.2, 0) is 0 Å². The van der Waals surface area contributed by atoms with Gasteiger partial charge in [-0.1, -0.05) is 30.3 Å². The Kier molecular flexibility index (Phi) is 4.63. The largest absolute Gasteiger partial charge is 0.339 e. The first-order valence-corrected chi connectivity index (χ1v) is 9.81. The number of aryl methyl sites for hydroxylation is 3. The normalized spacial score (nSPS) is 11.1. The van der Waals surface area contributed by atoms with Gasteiger partial charge in [0.2, 0.25) is 0 Å². The average molecular weight is 471 g/mol. The van der Waals surface area contributed by atoms with Crippen LogP contribution in [0.2, 0.25) is 0 Å². The lowest BCUT2D eigenvalue weighted by Gasteiger charge is -2.15. The number of pyridine rings is 1. The summed E-state index contributed by atoms with van der Waals surface area (Å²) in [6.45, 7) is 6.16. The fourth-order valence-corrected chi connectivity index (χ4v) is 4.12. The number of hydrogen-bond donors (Lipinski definition) is 1. The van der Waals surface area contributed by atoms with Gasteiger partial charge in [0.05, 0.1) is 5.56 Å². The summed E-state index contributed by atoms with van der Waals surface area (Å²) in [4.78, 5) is 4.78. The Morgan fingerprint density at radius 3 is 2.30 bits per heavy atom. The molecule has 1 N–H and O–H groups in total. The van der Waals surface area contributed by atoms with Crippen LogP contribution in [0, 0.1) is 30.2 Å². The number of nitrogens with one attached hydrogen (secondary N) is 1. The summed E-state index contributed by atoms with van der Waals surface area (Å²) in [5, 5.41) is 3.56. The SMILES string of the molecule is Cc1cccc(C)c1Nc1c(-c2c(F)cccc2I)nc2cccc(C)n12. The zero-order valence-electron chi connectivity index (χ0n) is 15.3. The van der Waals surface area contributed by atoms with Crippen LogP contribution in [0.5, 0.6) is 0 Å². The second kappa shape index (κ2) is 6.96. The zero-order valence-corrected chi connectivity index (χ0v) is 17.5. The van der Waals surface area contributed by atoms with Crippen molar-refractivity contribution < 1.29 is 4.39 Å². The van der Waals surface area contributed by atoms with Crippen LogP contribution in [0.25, 0.3) is 16.9 Å². The highest BCUT2D eigenvalue weighted by Gasteiger charge is 2.21. The zero-order chi connectivity index (χ0) is 19.1. The number of fused-ring (bicyclic) bond motifs is 1. The molecule has 0 fully saturated rings. The Bertz CT molecular complexity index is 1120. The minimum atomic E-state index is -0.271. The van der Waals surface area contributed by atoms with Crippen molar-refractivity contribution >= 4 is 39.7 Å². The van der Waals surface area contributed by atoms with E-state index in [1.165, 1.54) is 6.07 Å². The van der Waals surface area contributed by atoms with Crippen LogP contribution < -0.4 is 5.32 Å². The van der Waals surface area contributed by atoms with Crippen LogP contribution in [0.3, 0.4) is 0 Å². The second-order valence-corrected chi connectivity index (χ2v) is 7.82. The number of para-hydroxylation sites is 1. The van der Waals surface area contributed by atoms with Crippen molar-refractivity contribution in [1.29, 1.82) is 0 Å². The van der Waals surface area contributed by atoms with E-state index in [1.807, 2.05) is 41.7 Å². The summed E-state index contributed by atoms with van der Waals surface area (Å²) in [5.74, 6) is 0.510. The summed E-state index contributed by atoms with van der Waals surface area (Å²) in [6.07, 6.45) is 0. The van der Waals surface area contributed by atoms with Crippen molar-refractivity contribution in [3.63, 3.8) is 0 Å². The number of rotatable bonds is 3. The first-order valence-electron chi connectivity index (χ1n) is 8.73. The predicted molar refractivity (Wildman–Crippen MR) is 117 cm³/mol. The van der Waals surface area contributed by atoms with Crippen LogP contribution in [-0.4, -0.2) is 9.38 Å². The Labute approximate surface area is 171 Å². The van der Waals surface area contributed by atoms with Crippen molar-refractivity contribution in [2.24, 2.45) is 0 Å². The van der Waals surface area contributed by atoms with E-state index in [4.69, 9.17) is 4.98 Å². The first-order chi connectivity index (χ1) is 13.0. The average Bonchev–Trinajstić information content (AvgIpc) is 2.97. The van der Waals surface area contributed by atoms with E-state index < -0.39 is 0 Å². The highest BCUT2D eigenvalue weighted by Crippen LogP contribution is 2.37. The van der Waals surface area contributed by atoms with Gasteiger partial charge in [-0.3, -0.25) is 4.40 Å². The molecule has 0 saturated carbocycles. The van der Waals surface area contributed by atoms with Gasteiger partial charge >= 0.3 is 0 Å². The number of imidazole rings is 1. The Hall–Kier alpha value is -2.41. The van der Waals surface area contributed by atoms with E-state index in [2.05, 4.69) is 53.9 Å². The fraction of sp³-hybridized carbons (Fsp3) is 0.136. The van der Waals surface area contributed by atoms with Gasteiger partial charge in [-0.2, -0.15) is 0 Å². The van der Waals surface area contributed by atoms with Gasteiger partial charge in [0, 0.05) is 15.0 Å². The molecular weight excluding hydrogens is 452 g/mol. The van der Waals surface area contributed by atoms with E-state index >= 15 is 0 Å². The third kappa shape index (κ3) is 3.10. The monoisotopic (exact) mass is 471 g/mol. The van der Waals surface area contributed by atoms with Crippen LogP contribution in [0.15, 0.2) is 54.6 Å². The number of aromatic nitrogens is 2. The van der Waals surface area contributed by atoms with Gasteiger partial charge in [0.15, 0.2) is 0 Å². The van der Waals surface area contributed by atoms with Crippen LogP contribution in [0.4, 0.5) is 15.9 Å². The molecule has 5 heteroatoms. The minimum absolute atomic E-state index is 0.271. The number of benzene rings is 2. The number of halogens is 2. The third-order valence-corrected chi connectivity index (χ3v) is 5.66. The van der Waals surface area contributed by atoms with Crippen LogP contribution in [0.1, 0.15) is 16.8 Å². The van der Waals surface area contributed by atoms with Gasteiger partial charge in [0.25, 0.3) is 0 Å². The van der Waals surface area contributed by atoms with Gasteiger partial charge in [-0.15, -0.1) is 0 Å². The van der Waals surface area contributed by atoms with E-state index in [9.17, 15) is 4.39 Å². The molecule has 4 rings (SSSR count). The number of hydrogen-bond acceptors (Lipinski definition) is 2. The lowest BCUT2D eigenvalue weighted by Crippen LogP contribution is -2.03. The van der Waals surface area contributed by atoms with Gasteiger partial charge in [0.1, 0.15) is 23.0 Å². The summed E-state index contributed by atoms with van der Waals surface area (Å²) >= 11 is 2.17. The highest BCUT2D eigenvalue weighted by molar-refractivity contribution is 14.1. The molecule has 0 aliphatic rings. The molecule has 0 saturated heterocycles. The number of nitrogens with zero attached hydrogens (tertiary/aromatic N) is 2. The molecule has 0 bridgehead atoms. The minimum Gasteiger partial charge on any atom is -0.339 e. The highest BCUT2D eigenvalue weighted by atomic mass is 127. The Balaban J connectivity index is 2.03. The molecule has 0 atom stereocenters. The van der Waals surface area contributed by atoms with E-state index in [0.29, 0.717) is 11.3 Å². The number of anilines is 2. The summed E-state index contributed by atoms with van der Waals surface area (Å²) in [7, 11) is 0. The quantitative estimate of drug-likeness (QED) is 0.350. The molecule has 2 aromatic heterocycles. The Morgan fingerprint density at radius 1 is 0.926 bits per heavy atom. The molecular formula is C22H19FIN3. The van der Waals surface area contributed by atoms with Crippen molar-refractivity contribution in [2.75, 3.05) is 5.32 Å². The third-order valence-electron chi connectivity index (χ3n) is 4.76. The summed E-state index contributed by atoms with van der Waals surface area (Å²) in [6, 6.07) is 17.2. The van der Waals surface area contributed by atoms with Gasteiger partial charge in [-0.05, 0) is 78.8 Å². The molecule has 4 aromatic rings. The lowest BCUT2D eigenvalue weighted by atomic mass is 10.1. The maximum Gasteiger partial charge on any atom is 0.143 e. The molecule has 136 valence electrons. The van der Waals surface area contributed by atoms with Crippen molar-refractivity contribution in [3.8, 4) is 11.3 Å². The summed E-state index contributed by atoms with van der Waals surface area (Å²) in [5.41, 5.74) is 6.25. The molecule has 3 nitrogen and oxygen atoms in total. The Morgan fingerprint density at radius 2 is 1.59 bits per heavy atom. The van der Waals surface area contributed by atoms with Gasteiger partial charge < -0.3 is 5.32 Å².